The number of benzene rings is 2. The number of carboxylic acid groups (broad SMARTS) is 1. The molecule has 0 spiro atoms. The minimum absolute atomic E-state index is 0.206. The number of carbonyl (C=O) groups is 4. The second kappa shape index (κ2) is 21.8. The van der Waals surface area contributed by atoms with Gasteiger partial charge in [0.15, 0.2) is 12.2 Å². The topological polar surface area (TPSA) is 136 Å². The van der Waals surface area contributed by atoms with Gasteiger partial charge in [0.05, 0.1) is 6.61 Å². The lowest BCUT2D eigenvalue weighted by molar-refractivity contribution is -0.200. The number of anilines is 2. The van der Waals surface area contributed by atoms with Crippen LogP contribution >= 0.6 is 0 Å². The SMILES string of the molecule is CCOC(=O)C1CCCN1c1cc(C)ccc1CN1CCN(C(=O)OC(C)C(F)(F)F)CC1.Cc1ccc(CN2CCN(C(=O)OC(C)C(F)(F)F)CC2)c(N2CCCC2C(=O)O)c1. The lowest BCUT2D eigenvalue weighted by atomic mass is 10.1. The number of rotatable bonds is 11. The van der Waals surface area contributed by atoms with Crippen LogP contribution in [0, 0.1) is 13.8 Å². The fraction of sp³-hybridized carbons (Fsp3) is 0.636. The van der Waals surface area contributed by atoms with Crippen molar-refractivity contribution in [3.63, 3.8) is 0 Å². The molecule has 20 heteroatoms. The van der Waals surface area contributed by atoms with Crippen LogP contribution < -0.4 is 9.80 Å². The van der Waals surface area contributed by atoms with Gasteiger partial charge in [-0.05, 0) is 94.7 Å². The standard InChI is InChI=1S/C23H32F3N3O4.C21H28F3N3O4/c1-4-32-21(30)19-6-5-9-29(19)20-14-16(2)7-8-18(20)15-27-10-12-28(13-11-27)22(31)33-17(3)23(24,25)26;1-14-5-6-16(18(12-14)27-7-3-4-17(27)19(28)29)13-25-8-10-26(11-9-25)20(30)31-15(2)21(22,23)24/h7-8,14,17,19H,4-6,9-13,15H2,1-3H3;5-6,12,15,17H,3-4,7-11,13H2,1-2H3,(H,28,29). The molecule has 0 aromatic heterocycles. The number of carboxylic acids is 1. The van der Waals surface area contributed by atoms with E-state index in [1.165, 1.54) is 9.80 Å². The molecule has 6 rings (SSSR count). The molecule has 4 saturated heterocycles. The molecule has 1 N–H and O–H groups in total. The van der Waals surface area contributed by atoms with E-state index in [4.69, 9.17) is 4.74 Å². The summed E-state index contributed by atoms with van der Waals surface area (Å²) in [4.78, 5) is 59.1. The highest BCUT2D eigenvalue weighted by molar-refractivity contribution is 5.82. The van der Waals surface area contributed by atoms with Gasteiger partial charge in [0, 0.05) is 89.9 Å². The number of ether oxygens (including phenoxy) is 3. The second-order valence-corrected chi connectivity index (χ2v) is 16.7. The summed E-state index contributed by atoms with van der Waals surface area (Å²) in [6.07, 6.45) is -12.2. The van der Waals surface area contributed by atoms with Gasteiger partial charge in [-0.2, -0.15) is 26.3 Å². The van der Waals surface area contributed by atoms with Gasteiger partial charge < -0.3 is 38.9 Å². The van der Waals surface area contributed by atoms with Crippen LogP contribution in [0.1, 0.15) is 68.7 Å². The maximum absolute atomic E-state index is 12.7. The van der Waals surface area contributed by atoms with Crippen LogP contribution in [-0.4, -0.2) is 158 Å². The predicted octanol–water partition coefficient (Wildman–Crippen LogP) is 6.99. The number of piperazine rings is 2. The molecular weight excluding hydrogens is 855 g/mol. The summed E-state index contributed by atoms with van der Waals surface area (Å²) in [5, 5.41) is 9.55. The summed E-state index contributed by atoms with van der Waals surface area (Å²) in [5.74, 6) is -1.03. The first kappa shape index (κ1) is 50.0. The summed E-state index contributed by atoms with van der Waals surface area (Å²) in [6, 6.07) is 11.3. The van der Waals surface area contributed by atoms with E-state index in [0.29, 0.717) is 71.9 Å². The van der Waals surface area contributed by atoms with Crippen LogP contribution in [0.5, 0.6) is 0 Å². The van der Waals surface area contributed by atoms with Crippen molar-refractivity contribution >= 4 is 35.5 Å². The molecule has 4 fully saturated rings. The Kier molecular flexibility index (Phi) is 17.0. The Bertz CT molecular complexity index is 1920. The lowest BCUT2D eigenvalue weighted by Crippen LogP contribution is -2.49. The van der Waals surface area contributed by atoms with Crippen molar-refractivity contribution in [2.24, 2.45) is 0 Å². The number of esters is 1. The third kappa shape index (κ3) is 13.3. The summed E-state index contributed by atoms with van der Waals surface area (Å²) >= 11 is 0. The van der Waals surface area contributed by atoms with E-state index in [2.05, 4.69) is 36.3 Å². The van der Waals surface area contributed by atoms with Crippen LogP contribution in [-0.2, 0) is 36.9 Å². The zero-order valence-corrected chi connectivity index (χ0v) is 37.1. The molecular formula is C44H60F6N6O8. The molecule has 0 bridgehead atoms. The molecule has 4 aliphatic rings. The van der Waals surface area contributed by atoms with Crippen LogP contribution in [0.25, 0.3) is 0 Å². The molecule has 4 unspecified atom stereocenters. The minimum atomic E-state index is -4.58. The highest BCUT2D eigenvalue weighted by Gasteiger charge is 2.42. The molecule has 64 heavy (non-hydrogen) atoms. The van der Waals surface area contributed by atoms with E-state index >= 15 is 0 Å². The molecule has 356 valence electrons. The van der Waals surface area contributed by atoms with Crippen LogP contribution in [0.4, 0.5) is 47.3 Å². The number of nitrogens with zero attached hydrogens (tertiary/aromatic N) is 6. The smallest absolute Gasteiger partial charge is 0.425 e. The third-order valence-corrected chi connectivity index (χ3v) is 12.0. The molecule has 14 nitrogen and oxygen atoms in total. The summed E-state index contributed by atoms with van der Waals surface area (Å²) in [6.45, 7) is 13.5. The molecule has 2 amide bonds. The van der Waals surface area contributed by atoms with Crippen LogP contribution in [0.2, 0.25) is 0 Å². The van der Waals surface area contributed by atoms with Crippen molar-refractivity contribution in [3.8, 4) is 0 Å². The molecule has 2 aromatic carbocycles. The zero-order chi connectivity index (χ0) is 46.9. The van der Waals surface area contributed by atoms with Gasteiger partial charge in [-0.3, -0.25) is 9.80 Å². The van der Waals surface area contributed by atoms with E-state index in [1.54, 1.807) is 6.92 Å². The van der Waals surface area contributed by atoms with Crippen molar-refractivity contribution in [1.82, 2.24) is 19.6 Å². The average Bonchev–Trinajstić information content (AvgIpc) is 3.94. The zero-order valence-electron chi connectivity index (χ0n) is 37.1. The van der Waals surface area contributed by atoms with E-state index in [0.717, 1.165) is 73.3 Å². The fourth-order valence-electron chi connectivity index (χ4n) is 8.24. The van der Waals surface area contributed by atoms with E-state index in [-0.39, 0.29) is 25.1 Å². The van der Waals surface area contributed by atoms with Gasteiger partial charge in [-0.15, -0.1) is 0 Å². The number of carbonyl (C=O) groups excluding carboxylic acids is 3. The van der Waals surface area contributed by atoms with Gasteiger partial charge >= 0.3 is 36.5 Å². The normalized spacial score (nSPS) is 20.9. The highest BCUT2D eigenvalue weighted by atomic mass is 19.4. The maximum Gasteiger partial charge on any atom is 0.425 e. The molecule has 0 aliphatic carbocycles. The average molecular weight is 915 g/mol. The largest absolute Gasteiger partial charge is 0.480 e. The predicted molar refractivity (Wildman–Crippen MR) is 225 cm³/mol. The summed E-state index contributed by atoms with van der Waals surface area (Å²) in [5.41, 5.74) is 6.12. The molecule has 2 aromatic rings. The number of hydrogen-bond donors (Lipinski definition) is 1. The van der Waals surface area contributed by atoms with Crippen LogP contribution in [0.15, 0.2) is 36.4 Å². The monoisotopic (exact) mass is 914 g/mol. The Morgan fingerprint density at radius 3 is 1.41 bits per heavy atom. The fourth-order valence-corrected chi connectivity index (χ4v) is 8.24. The first-order chi connectivity index (χ1) is 30.2. The number of aliphatic carboxylic acids is 1. The molecule has 0 saturated carbocycles. The Morgan fingerprint density at radius 2 is 1.03 bits per heavy atom. The van der Waals surface area contributed by atoms with Crippen molar-refractivity contribution in [2.75, 3.05) is 81.9 Å². The van der Waals surface area contributed by atoms with Gasteiger partial charge in [-0.1, -0.05) is 24.3 Å². The quantitative estimate of drug-likeness (QED) is 0.142. The van der Waals surface area contributed by atoms with Gasteiger partial charge in [0.1, 0.15) is 12.1 Å². The van der Waals surface area contributed by atoms with E-state index in [1.807, 2.05) is 43.0 Å². The number of aryl methyl sites for hydroxylation is 2. The number of amides is 2. The minimum Gasteiger partial charge on any atom is -0.480 e. The van der Waals surface area contributed by atoms with Gasteiger partial charge in [0.2, 0.25) is 0 Å². The van der Waals surface area contributed by atoms with Crippen molar-refractivity contribution in [2.45, 2.75) is 110 Å². The Balaban J connectivity index is 0.000000241. The Hall–Kier alpha value is -4.98. The van der Waals surface area contributed by atoms with Crippen LogP contribution in [0.3, 0.4) is 0 Å². The summed E-state index contributed by atoms with van der Waals surface area (Å²) < 4.78 is 90.1. The van der Waals surface area contributed by atoms with Gasteiger partial charge in [-0.25, -0.2) is 19.2 Å². The Labute approximate surface area is 369 Å². The Morgan fingerprint density at radius 1 is 0.641 bits per heavy atom. The molecule has 4 aliphatic heterocycles. The first-order valence-electron chi connectivity index (χ1n) is 21.8. The second-order valence-electron chi connectivity index (χ2n) is 16.7. The van der Waals surface area contributed by atoms with Gasteiger partial charge in [0.25, 0.3) is 0 Å². The van der Waals surface area contributed by atoms with E-state index < -0.39 is 48.8 Å². The third-order valence-electron chi connectivity index (χ3n) is 12.0. The summed E-state index contributed by atoms with van der Waals surface area (Å²) in [7, 11) is 0. The van der Waals surface area contributed by atoms with Crippen molar-refractivity contribution < 1.29 is 64.8 Å². The molecule has 0 radical (unpaired) electrons. The van der Waals surface area contributed by atoms with Crippen molar-refractivity contribution in [1.29, 1.82) is 0 Å². The first-order valence-corrected chi connectivity index (χ1v) is 21.8. The lowest BCUT2D eigenvalue weighted by Gasteiger charge is -2.36. The maximum atomic E-state index is 12.7. The number of alkyl halides is 6. The molecule has 4 heterocycles. The highest BCUT2D eigenvalue weighted by Crippen LogP contribution is 2.33. The van der Waals surface area contributed by atoms with Crippen molar-refractivity contribution in [3.05, 3.63) is 58.7 Å². The number of halogens is 6. The van der Waals surface area contributed by atoms with E-state index in [9.17, 15) is 50.6 Å². The number of hydrogen-bond acceptors (Lipinski definition) is 11. The molecule has 4 atom stereocenters.